The number of epoxide rings is 1. The van der Waals surface area contributed by atoms with Crippen molar-refractivity contribution in [3.63, 3.8) is 0 Å². The van der Waals surface area contributed by atoms with Crippen molar-refractivity contribution < 1.29 is 46.2 Å². The van der Waals surface area contributed by atoms with Crippen LogP contribution in [0.3, 0.4) is 0 Å². The first kappa shape index (κ1) is 30.2. The van der Waals surface area contributed by atoms with E-state index in [0.29, 0.717) is 23.1 Å². The number of carbonyl (C=O) groups excluding carboxylic acids is 2. The topological polar surface area (TPSA) is 68.4 Å². The van der Waals surface area contributed by atoms with E-state index in [1.54, 1.807) is 21.0 Å². The number of hydrogen-bond donors (Lipinski definition) is 0. The van der Waals surface area contributed by atoms with Gasteiger partial charge in [-0.3, -0.25) is 14.5 Å². The van der Waals surface area contributed by atoms with E-state index >= 15 is 0 Å². The molecule has 0 aromatic carbocycles. The number of imide groups is 1. The smallest absolute Gasteiger partial charge is 0.256 e. The van der Waals surface area contributed by atoms with E-state index in [1.165, 1.54) is 7.05 Å². The summed E-state index contributed by atoms with van der Waals surface area (Å²) in [4.78, 5) is 23.1. The molecule has 0 aromatic heterocycles. The minimum Gasteiger partial charge on any atom is -0.570 e. The fourth-order valence-corrected chi connectivity index (χ4v) is 1.87. The van der Waals surface area contributed by atoms with E-state index in [9.17, 15) is 9.59 Å². The minimum atomic E-state index is -0.178. The Morgan fingerprint density at radius 3 is 1.65 bits per heavy atom. The standard InChI is InChI=1S/C7H9NO2.C6H12O2.C3H5O.3CH4.W/c1-4-5(2)7(10)8(3)6(4)9;1-6(3-7-2)4-8-5-6;1-3-2-4-3;;;;/h1-3H3;3-5H2,1-2H3;2-3H,1H3;3*1H4;/q;;-1;;;;/i;;2D;;;;. The molecule has 2 saturated heterocycles. The maximum Gasteiger partial charge on any atom is 0.256 e. The molecule has 0 N–H and O–H groups in total. The van der Waals surface area contributed by atoms with E-state index in [4.69, 9.17) is 10.8 Å². The Morgan fingerprint density at radius 1 is 1.23 bits per heavy atom. The van der Waals surface area contributed by atoms with Crippen LogP contribution in [0.1, 0.15) is 51.3 Å². The van der Waals surface area contributed by atoms with Gasteiger partial charge in [-0.15, -0.1) is 0 Å². The molecular formula is C19H38NO5W-. The van der Waals surface area contributed by atoms with Gasteiger partial charge in [0.2, 0.25) is 0 Å². The van der Waals surface area contributed by atoms with Crippen LogP contribution >= 0.6 is 0 Å². The molecule has 2 amide bonds. The SMILES string of the molecule is C.C.C.CC1=C(C)C(=O)N(C)C1=O.COCC1(C)COC1.[2H][C-]1OC1C.[W]. The fourth-order valence-electron chi connectivity index (χ4n) is 1.87. The first-order chi connectivity index (χ1) is 10.6. The summed E-state index contributed by atoms with van der Waals surface area (Å²) in [7, 11) is 3.22. The van der Waals surface area contributed by atoms with Crippen LogP contribution in [0.4, 0.5) is 0 Å². The van der Waals surface area contributed by atoms with Crippen molar-refractivity contribution in [2.45, 2.75) is 56.1 Å². The summed E-state index contributed by atoms with van der Waals surface area (Å²) in [6.07, 6.45) is 0.134. The largest absolute Gasteiger partial charge is 0.570 e. The molecule has 3 aliphatic rings. The monoisotopic (exact) mass is 545 g/mol. The zero-order valence-corrected chi connectivity index (χ0v) is 17.5. The summed E-state index contributed by atoms with van der Waals surface area (Å²) >= 11 is 0. The number of hydrogen-bond acceptors (Lipinski definition) is 5. The molecule has 1 unspecified atom stereocenters. The van der Waals surface area contributed by atoms with Crippen molar-refractivity contribution in [3.8, 4) is 0 Å². The molecule has 0 spiro atoms. The Bertz CT molecular complexity index is 464. The van der Waals surface area contributed by atoms with E-state index < -0.39 is 0 Å². The van der Waals surface area contributed by atoms with Crippen LogP contribution in [0.5, 0.6) is 0 Å². The van der Waals surface area contributed by atoms with Crippen LogP contribution in [-0.2, 0) is 44.9 Å². The van der Waals surface area contributed by atoms with E-state index in [0.717, 1.165) is 24.7 Å². The van der Waals surface area contributed by atoms with Crippen LogP contribution in [0, 0.1) is 12.0 Å². The second-order valence-electron chi connectivity index (χ2n) is 6.03. The van der Waals surface area contributed by atoms with Crippen molar-refractivity contribution >= 4 is 11.8 Å². The van der Waals surface area contributed by atoms with Gasteiger partial charge in [0.1, 0.15) is 0 Å². The van der Waals surface area contributed by atoms with E-state index in [2.05, 4.69) is 11.7 Å². The molecule has 7 heteroatoms. The van der Waals surface area contributed by atoms with E-state index in [1.807, 2.05) is 6.92 Å². The normalized spacial score (nSPS) is 22.5. The van der Waals surface area contributed by atoms with Gasteiger partial charge in [-0.2, -0.15) is 7.95 Å². The Morgan fingerprint density at radius 2 is 1.58 bits per heavy atom. The molecule has 3 rings (SSSR count). The summed E-state index contributed by atoms with van der Waals surface area (Å²) < 4.78 is 21.1. The van der Waals surface area contributed by atoms with E-state index in [-0.39, 0.29) is 61.3 Å². The number of methoxy groups -OCH3 is 1. The Kier molecular flexibility index (Phi) is 16.8. The second kappa shape index (κ2) is 14.5. The third kappa shape index (κ3) is 9.96. The Hall–Kier alpha value is -0.552. The van der Waals surface area contributed by atoms with Gasteiger partial charge < -0.3 is 14.2 Å². The third-order valence-corrected chi connectivity index (χ3v) is 3.56. The molecule has 1 atom stereocenters. The Balaban J connectivity index is -0.000000142. The predicted molar refractivity (Wildman–Crippen MR) is 102 cm³/mol. The molecule has 2 fully saturated rings. The zero-order valence-electron chi connectivity index (χ0n) is 15.6. The molecule has 0 aliphatic carbocycles. The first-order valence-corrected chi connectivity index (χ1v) is 7.19. The molecule has 0 radical (unpaired) electrons. The van der Waals surface area contributed by atoms with Gasteiger partial charge in [-0.05, 0) is 13.8 Å². The van der Waals surface area contributed by atoms with Crippen LogP contribution in [0.25, 0.3) is 0 Å². The van der Waals surface area contributed by atoms with Crippen molar-refractivity contribution in [2.75, 3.05) is 34.0 Å². The fraction of sp³-hybridized carbons (Fsp3) is 0.737. The average molecular weight is 545 g/mol. The molecule has 0 aromatic rings. The van der Waals surface area contributed by atoms with Gasteiger partial charge in [-0.1, -0.05) is 42.2 Å². The molecule has 26 heavy (non-hydrogen) atoms. The van der Waals surface area contributed by atoms with Gasteiger partial charge in [0.25, 0.3) is 11.8 Å². The average Bonchev–Trinajstić information content (AvgIpc) is 3.11. The molecule has 6 nitrogen and oxygen atoms in total. The zero-order chi connectivity index (χ0) is 17.8. The molecule has 3 heterocycles. The van der Waals surface area contributed by atoms with Crippen LogP contribution in [0.15, 0.2) is 11.1 Å². The van der Waals surface area contributed by atoms with Crippen LogP contribution in [-0.4, -0.2) is 56.8 Å². The molecular weight excluding hydrogens is 506 g/mol. The number of amides is 2. The molecule has 156 valence electrons. The van der Waals surface area contributed by atoms with Crippen LogP contribution in [0.2, 0.25) is 0 Å². The van der Waals surface area contributed by atoms with Crippen LogP contribution < -0.4 is 0 Å². The van der Waals surface area contributed by atoms with Crippen molar-refractivity contribution in [1.82, 2.24) is 4.90 Å². The van der Waals surface area contributed by atoms with Crippen molar-refractivity contribution in [2.24, 2.45) is 5.41 Å². The van der Waals surface area contributed by atoms with Crippen molar-refractivity contribution in [3.05, 3.63) is 17.7 Å². The summed E-state index contributed by atoms with van der Waals surface area (Å²) in [5.74, 6) is -0.356. The summed E-state index contributed by atoms with van der Waals surface area (Å²) in [5, 5.41) is 0. The number of nitrogens with zero attached hydrogens (tertiary/aromatic N) is 1. The van der Waals surface area contributed by atoms with Gasteiger partial charge in [0.05, 0.1) is 19.8 Å². The van der Waals surface area contributed by atoms with Gasteiger partial charge in [0.15, 0.2) is 0 Å². The summed E-state index contributed by atoms with van der Waals surface area (Å²) in [6, 6.07) is 0. The minimum absolute atomic E-state index is 0. The summed E-state index contributed by atoms with van der Waals surface area (Å²) in [5.41, 5.74) is 1.45. The predicted octanol–water partition coefficient (Wildman–Crippen LogP) is 3.46. The quantitative estimate of drug-likeness (QED) is 0.302. The maximum absolute atomic E-state index is 11.0. The number of ether oxygens (including phenoxy) is 3. The maximum atomic E-state index is 11.0. The number of likely N-dealkylation sites (N-methyl/N-ethyl adjacent to an activating group) is 1. The molecule has 0 saturated carbocycles. The van der Waals surface area contributed by atoms with Gasteiger partial charge in [-0.25, -0.2) is 0 Å². The Labute approximate surface area is 176 Å². The molecule has 0 bridgehead atoms. The number of carbonyl (C=O) groups is 2. The first-order valence-electron chi connectivity index (χ1n) is 7.69. The third-order valence-electron chi connectivity index (χ3n) is 3.56. The number of rotatable bonds is 2. The van der Waals surface area contributed by atoms with Crippen molar-refractivity contribution in [1.29, 1.82) is 0 Å². The van der Waals surface area contributed by atoms with Gasteiger partial charge in [0, 0.05) is 51.8 Å². The molecule has 3 aliphatic heterocycles. The second-order valence-corrected chi connectivity index (χ2v) is 6.03. The summed E-state index contributed by atoms with van der Waals surface area (Å²) in [6.45, 7) is 10.3. The van der Waals surface area contributed by atoms with Gasteiger partial charge >= 0.3 is 0 Å².